The maximum atomic E-state index is 11.6. The number of thiazole rings is 1. The number of nitrogens with zero attached hydrogens (tertiary/aromatic N) is 1. The van der Waals surface area contributed by atoms with Gasteiger partial charge < -0.3 is 5.32 Å². The van der Waals surface area contributed by atoms with E-state index in [0.717, 1.165) is 3.79 Å². The lowest BCUT2D eigenvalue weighted by Crippen LogP contribution is -2.09. The van der Waals surface area contributed by atoms with E-state index < -0.39 is 6.43 Å². The fourth-order valence-electron chi connectivity index (χ4n) is 0.501. The molecule has 0 atom stereocenters. The fourth-order valence-corrected chi connectivity index (χ4v) is 1.61. The molecule has 2 nitrogen and oxygen atoms in total. The quantitative estimate of drug-likeness (QED) is 0.920. The highest BCUT2D eigenvalue weighted by molar-refractivity contribution is 9.11. The predicted molar refractivity (Wildman–Crippen MR) is 51.6 cm³/mol. The first-order valence-electron chi connectivity index (χ1n) is 2.82. The molecule has 0 saturated carbocycles. The Morgan fingerprint density at radius 2 is 2.33 bits per heavy atom. The summed E-state index contributed by atoms with van der Waals surface area (Å²) in [4.78, 5) is 3.81. The van der Waals surface area contributed by atoms with E-state index in [4.69, 9.17) is 0 Å². The predicted octanol–water partition coefficient (Wildman–Crippen LogP) is 3.00. The second-order valence-electron chi connectivity index (χ2n) is 1.74. The minimum absolute atomic E-state index is 0. The zero-order chi connectivity index (χ0) is 8.27. The number of halogens is 4. The van der Waals surface area contributed by atoms with Gasteiger partial charge >= 0.3 is 0 Å². The molecule has 0 unspecified atom stereocenters. The molecule has 0 aliphatic rings. The molecule has 0 aliphatic carbocycles. The van der Waals surface area contributed by atoms with Gasteiger partial charge in [0.05, 0.1) is 16.5 Å². The number of hydrogen-bond donors (Lipinski definition) is 1. The molecule has 0 radical (unpaired) electrons. The van der Waals surface area contributed by atoms with Crippen molar-refractivity contribution in [3.63, 3.8) is 0 Å². The first-order chi connectivity index (χ1) is 5.18. The van der Waals surface area contributed by atoms with Gasteiger partial charge in [0.15, 0.2) is 5.13 Å². The number of aromatic nitrogens is 1. The van der Waals surface area contributed by atoms with Crippen LogP contribution in [-0.4, -0.2) is 18.0 Å². The van der Waals surface area contributed by atoms with Gasteiger partial charge in [-0.25, -0.2) is 13.8 Å². The molecular formula is C5H6BrClF2N2S. The lowest BCUT2D eigenvalue weighted by Gasteiger charge is -1.98. The van der Waals surface area contributed by atoms with Crippen LogP contribution in [0.2, 0.25) is 0 Å². The highest BCUT2D eigenvalue weighted by Crippen LogP contribution is 2.22. The lowest BCUT2D eigenvalue weighted by atomic mass is 10.7. The second-order valence-corrected chi connectivity index (χ2v) is 4.15. The zero-order valence-electron chi connectivity index (χ0n) is 5.76. The van der Waals surface area contributed by atoms with Gasteiger partial charge in [-0.05, 0) is 15.9 Å². The molecule has 1 aromatic rings. The van der Waals surface area contributed by atoms with Gasteiger partial charge in [0.2, 0.25) is 0 Å². The fraction of sp³-hybridized carbons (Fsp3) is 0.400. The highest BCUT2D eigenvalue weighted by atomic mass is 79.9. The molecule has 0 spiro atoms. The van der Waals surface area contributed by atoms with E-state index in [1.54, 1.807) is 6.20 Å². The SMILES string of the molecule is Cl.FC(F)CNc1ncc(Br)s1. The third-order valence-electron chi connectivity index (χ3n) is 0.885. The molecule has 1 rings (SSSR count). The summed E-state index contributed by atoms with van der Waals surface area (Å²) < 4.78 is 24.1. The molecule has 1 aromatic heterocycles. The number of anilines is 1. The smallest absolute Gasteiger partial charge is 0.255 e. The number of rotatable bonds is 3. The Hall–Kier alpha value is 0.0600. The minimum Gasteiger partial charge on any atom is -0.356 e. The van der Waals surface area contributed by atoms with Crippen LogP contribution in [0.1, 0.15) is 0 Å². The third kappa shape index (κ3) is 4.18. The highest BCUT2D eigenvalue weighted by Gasteiger charge is 2.03. The lowest BCUT2D eigenvalue weighted by molar-refractivity contribution is 0.163. The summed E-state index contributed by atoms with van der Waals surface area (Å²) in [6.45, 7) is -0.347. The van der Waals surface area contributed by atoms with Crippen LogP contribution in [0.4, 0.5) is 13.9 Å². The first-order valence-corrected chi connectivity index (χ1v) is 4.43. The number of hydrogen-bond acceptors (Lipinski definition) is 3. The Bertz CT molecular complexity index is 233. The molecule has 0 aliphatic heterocycles. The molecule has 0 bridgehead atoms. The van der Waals surface area contributed by atoms with Crippen molar-refractivity contribution < 1.29 is 8.78 Å². The summed E-state index contributed by atoms with van der Waals surface area (Å²) >= 11 is 4.46. The average molecular weight is 280 g/mol. The molecule has 1 heterocycles. The maximum absolute atomic E-state index is 11.6. The Labute approximate surface area is 86.9 Å². The topological polar surface area (TPSA) is 24.9 Å². The summed E-state index contributed by atoms with van der Waals surface area (Å²) in [7, 11) is 0. The summed E-state index contributed by atoms with van der Waals surface area (Å²) in [6, 6.07) is 0. The van der Waals surface area contributed by atoms with E-state index in [9.17, 15) is 8.78 Å². The van der Waals surface area contributed by atoms with E-state index in [2.05, 4.69) is 26.2 Å². The van der Waals surface area contributed by atoms with Crippen LogP contribution < -0.4 is 5.32 Å². The van der Waals surface area contributed by atoms with Crippen LogP contribution in [0.25, 0.3) is 0 Å². The van der Waals surface area contributed by atoms with Gasteiger partial charge in [-0.15, -0.1) is 12.4 Å². The van der Waals surface area contributed by atoms with Gasteiger partial charge in [0.1, 0.15) is 0 Å². The van der Waals surface area contributed by atoms with Crippen molar-refractivity contribution in [3.05, 3.63) is 9.98 Å². The van der Waals surface area contributed by atoms with Crippen molar-refractivity contribution in [2.45, 2.75) is 6.43 Å². The van der Waals surface area contributed by atoms with E-state index in [0.29, 0.717) is 5.13 Å². The maximum Gasteiger partial charge on any atom is 0.255 e. The number of alkyl halides is 2. The molecule has 0 aromatic carbocycles. The van der Waals surface area contributed by atoms with E-state index >= 15 is 0 Å². The van der Waals surface area contributed by atoms with Crippen molar-refractivity contribution in [1.82, 2.24) is 4.98 Å². The van der Waals surface area contributed by atoms with Crippen molar-refractivity contribution >= 4 is 44.8 Å². The van der Waals surface area contributed by atoms with Crippen LogP contribution in [0.15, 0.2) is 9.98 Å². The standard InChI is InChI=1S/C5H5BrF2N2S.ClH/c6-3-1-9-5(11-3)10-2-4(7)8;/h1,4H,2H2,(H,9,10);1H. The van der Waals surface area contributed by atoms with Crippen molar-refractivity contribution in [2.24, 2.45) is 0 Å². The summed E-state index contributed by atoms with van der Waals surface area (Å²) in [6.07, 6.45) is -0.768. The minimum atomic E-state index is -2.34. The summed E-state index contributed by atoms with van der Waals surface area (Å²) in [5.41, 5.74) is 0. The summed E-state index contributed by atoms with van der Waals surface area (Å²) in [5, 5.41) is 3.00. The largest absolute Gasteiger partial charge is 0.356 e. The average Bonchev–Trinajstić information content (AvgIpc) is 2.31. The van der Waals surface area contributed by atoms with Crippen molar-refractivity contribution in [1.29, 1.82) is 0 Å². The molecule has 70 valence electrons. The van der Waals surface area contributed by atoms with E-state index in [1.807, 2.05) is 0 Å². The van der Waals surface area contributed by atoms with Crippen LogP contribution in [0, 0.1) is 0 Å². The summed E-state index contributed by atoms with van der Waals surface area (Å²) in [5.74, 6) is 0. The Morgan fingerprint density at radius 1 is 1.67 bits per heavy atom. The van der Waals surface area contributed by atoms with E-state index in [1.165, 1.54) is 11.3 Å². The second kappa shape index (κ2) is 5.66. The molecule has 0 fully saturated rings. The molecular weight excluding hydrogens is 273 g/mol. The third-order valence-corrected chi connectivity index (χ3v) is 2.32. The van der Waals surface area contributed by atoms with E-state index in [-0.39, 0.29) is 19.0 Å². The molecule has 0 amide bonds. The molecule has 12 heavy (non-hydrogen) atoms. The van der Waals surface area contributed by atoms with Gasteiger partial charge in [-0.2, -0.15) is 0 Å². The van der Waals surface area contributed by atoms with Crippen LogP contribution in [0.3, 0.4) is 0 Å². The Morgan fingerprint density at radius 3 is 2.75 bits per heavy atom. The van der Waals surface area contributed by atoms with Crippen molar-refractivity contribution in [3.8, 4) is 0 Å². The van der Waals surface area contributed by atoms with Gasteiger partial charge in [0.25, 0.3) is 6.43 Å². The first kappa shape index (κ1) is 12.1. The number of nitrogens with one attached hydrogen (secondary N) is 1. The van der Waals surface area contributed by atoms with Gasteiger partial charge in [0, 0.05) is 0 Å². The van der Waals surface area contributed by atoms with Crippen molar-refractivity contribution in [2.75, 3.05) is 11.9 Å². The Kier molecular flexibility index (Phi) is 5.69. The molecule has 0 saturated heterocycles. The van der Waals surface area contributed by atoms with Gasteiger partial charge in [-0.1, -0.05) is 11.3 Å². The monoisotopic (exact) mass is 278 g/mol. The molecule has 7 heteroatoms. The van der Waals surface area contributed by atoms with Crippen LogP contribution in [-0.2, 0) is 0 Å². The Balaban J connectivity index is 0.00000121. The van der Waals surface area contributed by atoms with Gasteiger partial charge in [-0.3, -0.25) is 0 Å². The normalized spacial score (nSPS) is 9.67. The zero-order valence-corrected chi connectivity index (χ0v) is 8.98. The van der Waals surface area contributed by atoms with Crippen LogP contribution in [0.5, 0.6) is 0 Å². The molecule has 1 N–H and O–H groups in total. The van der Waals surface area contributed by atoms with Crippen LogP contribution >= 0.6 is 39.7 Å².